The summed E-state index contributed by atoms with van der Waals surface area (Å²) in [6.07, 6.45) is 0. The number of carbonyl (C=O) groups is 1. The van der Waals surface area contributed by atoms with Crippen LogP contribution in [0.5, 0.6) is 0 Å². The van der Waals surface area contributed by atoms with Crippen LogP contribution in [0, 0.1) is 5.82 Å². The molecule has 0 saturated heterocycles. The van der Waals surface area contributed by atoms with Crippen LogP contribution in [-0.2, 0) is 6.54 Å². The standard InChI is InChI=1S/C13H12FN3O2/c14-9-6-8(7-15)4-5-10(9)17-13(19)11-2-1-3-12(18)16-11/h1-6H,7,15H2,(H,16,18)(H,17,19). The highest BCUT2D eigenvalue weighted by atomic mass is 19.1. The number of nitrogens with one attached hydrogen (secondary N) is 2. The smallest absolute Gasteiger partial charge is 0.272 e. The average molecular weight is 261 g/mol. The number of hydrogen-bond donors (Lipinski definition) is 3. The van der Waals surface area contributed by atoms with Gasteiger partial charge in [0, 0.05) is 12.6 Å². The second kappa shape index (κ2) is 5.45. The lowest BCUT2D eigenvalue weighted by molar-refractivity contribution is 0.102. The summed E-state index contributed by atoms with van der Waals surface area (Å²) in [4.78, 5) is 25.2. The zero-order chi connectivity index (χ0) is 13.8. The molecule has 1 amide bonds. The number of pyridine rings is 1. The number of nitrogens with two attached hydrogens (primary N) is 1. The molecule has 0 aliphatic rings. The van der Waals surface area contributed by atoms with E-state index in [1.54, 1.807) is 6.07 Å². The zero-order valence-corrected chi connectivity index (χ0v) is 9.94. The van der Waals surface area contributed by atoms with Gasteiger partial charge < -0.3 is 16.0 Å². The Morgan fingerprint density at radius 3 is 2.74 bits per heavy atom. The Hall–Kier alpha value is -2.47. The predicted molar refractivity (Wildman–Crippen MR) is 69.3 cm³/mol. The average Bonchev–Trinajstić information content (AvgIpc) is 2.41. The van der Waals surface area contributed by atoms with Crippen LogP contribution >= 0.6 is 0 Å². The highest BCUT2D eigenvalue weighted by molar-refractivity contribution is 6.02. The largest absolute Gasteiger partial charge is 0.326 e. The van der Waals surface area contributed by atoms with E-state index in [2.05, 4.69) is 10.3 Å². The number of anilines is 1. The van der Waals surface area contributed by atoms with Crippen molar-refractivity contribution in [3.8, 4) is 0 Å². The Kier molecular flexibility index (Phi) is 3.72. The van der Waals surface area contributed by atoms with Crippen molar-refractivity contribution in [1.82, 2.24) is 4.98 Å². The molecule has 0 atom stereocenters. The Morgan fingerprint density at radius 1 is 1.32 bits per heavy atom. The third-order valence-corrected chi connectivity index (χ3v) is 2.53. The molecular weight excluding hydrogens is 249 g/mol. The maximum absolute atomic E-state index is 13.7. The molecule has 2 rings (SSSR count). The number of benzene rings is 1. The van der Waals surface area contributed by atoms with E-state index in [0.29, 0.717) is 5.56 Å². The van der Waals surface area contributed by atoms with Crippen LogP contribution in [0.3, 0.4) is 0 Å². The van der Waals surface area contributed by atoms with Crippen molar-refractivity contribution >= 4 is 11.6 Å². The number of amides is 1. The first-order valence-electron chi connectivity index (χ1n) is 5.59. The Balaban J connectivity index is 2.22. The van der Waals surface area contributed by atoms with Gasteiger partial charge in [0.05, 0.1) is 5.69 Å². The molecule has 19 heavy (non-hydrogen) atoms. The van der Waals surface area contributed by atoms with Crippen molar-refractivity contribution in [2.45, 2.75) is 6.54 Å². The van der Waals surface area contributed by atoms with Gasteiger partial charge in [-0.15, -0.1) is 0 Å². The summed E-state index contributed by atoms with van der Waals surface area (Å²) in [7, 11) is 0. The molecule has 0 aliphatic carbocycles. The number of H-pyrrole nitrogens is 1. The Bertz CT molecular complexity index is 667. The third-order valence-electron chi connectivity index (χ3n) is 2.53. The lowest BCUT2D eigenvalue weighted by Gasteiger charge is -2.07. The van der Waals surface area contributed by atoms with Crippen LogP contribution in [0.2, 0.25) is 0 Å². The van der Waals surface area contributed by atoms with Crippen LogP contribution in [0.4, 0.5) is 10.1 Å². The molecule has 0 spiro atoms. The van der Waals surface area contributed by atoms with Gasteiger partial charge in [-0.05, 0) is 23.8 Å². The van der Waals surface area contributed by atoms with E-state index < -0.39 is 17.3 Å². The van der Waals surface area contributed by atoms with Crippen LogP contribution < -0.4 is 16.6 Å². The SMILES string of the molecule is NCc1ccc(NC(=O)c2cccc(=O)[nH]2)c(F)c1. The van der Waals surface area contributed by atoms with Gasteiger partial charge in [0.2, 0.25) is 5.56 Å². The molecule has 0 aliphatic heterocycles. The monoisotopic (exact) mass is 261 g/mol. The number of halogens is 1. The summed E-state index contributed by atoms with van der Waals surface area (Å²) in [5.41, 5.74) is 5.71. The third kappa shape index (κ3) is 3.05. The molecule has 1 aromatic heterocycles. The minimum atomic E-state index is -0.586. The first kappa shape index (κ1) is 13.0. The van der Waals surface area contributed by atoms with E-state index in [1.165, 1.54) is 30.3 Å². The first-order chi connectivity index (χ1) is 9.10. The zero-order valence-electron chi connectivity index (χ0n) is 9.94. The number of aromatic nitrogens is 1. The molecule has 6 heteroatoms. The molecule has 0 saturated carbocycles. The van der Waals surface area contributed by atoms with E-state index >= 15 is 0 Å². The molecule has 98 valence electrons. The predicted octanol–water partition coefficient (Wildman–Crippen LogP) is 1.23. The molecular formula is C13H12FN3O2. The van der Waals surface area contributed by atoms with E-state index in [4.69, 9.17) is 5.73 Å². The van der Waals surface area contributed by atoms with Gasteiger partial charge in [0.1, 0.15) is 11.5 Å². The number of carbonyl (C=O) groups excluding carboxylic acids is 1. The normalized spacial score (nSPS) is 10.2. The molecule has 0 unspecified atom stereocenters. The minimum Gasteiger partial charge on any atom is -0.326 e. The summed E-state index contributed by atoms with van der Waals surface area (Å²) in [6, 6.07) is 8.46. The van der Waals surface area contributed by atoms with Crippen LogP contribution in [-0.4, -0.2) is 10.9 Å². The highest BCUT2D eigenvalue weighted by Gasteiger charge is 2.10. The van der Waals surface area contributed by atoms with E-state index in [9.17, 15) is 14.0 Å². The summed E-state index contributed by atoms with van der Waals surface area (Å²) in [5, 5.41) is 2.38. The van der Waals surface area contributed by atoms with Gasteiger partial charge >= 0.3 is 0 Å². The summed E-state index contributed by atoms with van der Waals surface area (Å²) < 4.78 is 13.7. The van der Waals surface area contributed by atoms with Gasteiger partial charge in [0.15, 0.2) is 0 Å². The van der Waals surface area contributed by atoms with Gasteiger partial charge in [-0.1, -0.05) is 12.1 Å². The molecule has 1 heterocycles. The fourth-order valence-corrected chi connectivity index (χ4v) is 1.56. The summed E-state index contributed by atoms with van der Waals surface area (Å²) in [5.74, 6) is -1.16. The topological polar surface area (TPSA) is 88.0 Å². The van der Waals surface area contributed by atoms with E-state index in [-0.39, 0.29) is 17.9 Å². The van der Waals surface area contributed by atoms with Crippen LogP contribution in [0.15, 0.2) is 41.2 Å². The van der Waals surface area contributed by atoms with Crippen LogP contribution in [0.1, 0.15) is 16.1 Å². The maximum Gasteiger partial charge on any atom is 0.272 e. The van der Waals surface area contributed by atoms with E-state index in [1.807, 2.05) is 0 Å². The first-order valence-corrected chi connectivity index (χ1v) is 5.59. The molecule has 0 fully saturated rings. The summed E-state index contributed by atoms with van der Waals surface area (Å²) >= 11 is 0. The quantitative estimate of drug-likeness (QED) is 0.776. The van der Waals surface area contributed by atoms with Crippen molar-refractivity contribution in [2.24, 2.45) is 5.73 Å². The van der Waals surface area contributed by atoms with Crippen molar-refractivity contribution in [3.63, 3.8) is 0 Å². The molecule has 1 aromatic carbocycles. The molecule has 5 nitrogen and oxygen atoms in total. The number of rotatable bonds is 3. The second-order valence-electron chi connectivity index (χ2n) is 3.90. The Morgan fingerprint density at radius 2 is 2.11 bits per heavy atom. The molecule has 2 aromatic rings. The molecule has 0 bridgehead atoms. The Labute approximate surface area is 108 Å². The van der Waals surface area contributed by atoms with Crippen LogP contribution in [0.25, 0.3) is 0 Å². The number of hydrogen-bond acceptors (Lipinski definition) is 3. The van der Waals surface area contributed by atoms with Gasteiger partial charge in [-0.25, -0.2) is 4.39 Å². The molecule has 4 N–H and O–H groups in total. The van der Waals surface area contributed by atoms with Crippen molar-refractivity contribution in [1.29, 1.82) is 0 Å². The minimum absolute atomic E-state index is 0.0342. The van der Waals surface area contributed by atoms with Crippen molar-refractivity contribution < 1.29 is 9.18 Å². The van der Waals surface area contributed by atoms with E-state index in [0.717, 1.165) is 0 Å². The van der Waals surface area contributed by atoms with Crippen molar-refractivity contribution in [3.05, 3.63) is 63.8 Å². The summed E-state index contributed by atoms with van der Waals surface area (Å²) in [6.45, 7) is 0.219. The van der Waals surface area contributed by atoms with Crippen molar-refractivity contribution in [2.75, 3.05) is 5.32 Å². The second-order valence-corrected chi connectivity index (χ2v) is 3.90. The van der Waals surface area contributed by atoms with Gasteiger partial charge in [-0.2, -0.15) is 0 Å². The molecule has 0 radical (unpaired) electrons. The fourth-order valence-electron chi connectivity index (χ4n) is 1.56. The fraction of sp³-hybridized carbons (Fsp3) is 0.0769. The van der Waals surface area contributed by atoms with Gasteiger partial charge in [0.25, 0.3) is 5.91 Å². The maximum atomic E-state index is 13.7. The van der Waals surface area contributed by atoms with Gasteiger partial charge in [-0.3, -0.25) is 9.59 Å². The number of aromatic amines is 1. The highest BCUT2D eigenvalue weighted by Crippen LogP contribution is 2.16. The lowest BCUT2D eigenvalue weighted by Crippen LogP contribution is -2.18. The lowest BCUT2D eigenvalue weighted by atomic mass is 10.2.